The highest BCUT2D eigenvalue weighted by molar-refractivity contribution is 5.35. The molecular formula is C14H12F2O2. The maximum atomic E-state index is 12.6. The SMILES string of the molecule is CC(F)(F)Oc1ccc(Oc2ccccc2)cc1. The van der Waals surface area contributed by atoms with E-state index in [4.69, 9.17) is 4.74 Å². The minimum absolute atomic E-state index is 0.0999. The standard InChI is InChI=1S/C14H12F2O2/c1-14(15,16)18-13-9-7-12(8-10-13)17-11-5-3-2-4-6-11/h2-10H,1H3. The predicted molar refractivity (Wildman–Crippen MR) is 64.2 cm³/mol. The van der Waals surface area contributed by atoms with E-state index >= 15 is 0 Å². The molecule has 0 amide bonds. The zero-order valence-corrected chi connectivity index (χ0v) is 9.77. The van der Waals surface area contributed by atoms with Gasteiger partial charge in [0.25, 0.3) is 0 Å². The minimum atomic E-state index is -3.18. The van der Waals surface area contributed by atoms with E-state index in [0.717, 1.165) is 0 Å². The lowest BCUT2D eigenvalue weighted by Crippen LogP contribution is -2.18. The van der Waals surface area contributed by atoms with Gasteiger partial charge in [-0.3, -0.25) is 0 Å². The van der Waals surface area contributed by atoms with Crippen molar-refractivity contribution >= 4 is 0 Å². The van der Waals surface area contributed by atoms with E-state index in [-0.39, 0.29) is 5.75 Å². The van der Waals surface area contributed by atoms with Gasteiger partial charge in [-0.05, 0) is 36.4 Å². The molecule has 0 aromatic heterocycles. The average molecular weight is 250 g/mol. The first-order chi connectivity index (χ1) is 8.53. The van der Waals surface area contributed by atoms with E-state index < -0.39 is 6.11 Å². The highest BCUT2D eigenvalue weighted by atomic mass is 19.3. The van der Waals surface area contributed by atoms with Gasteiger partial charge in [-0.1, -0.05) is 18.2 Å². The van der Waals surface area contributed by atoms with E-state index in [0.29, 0.717) is 18.4 Å². The lowest BCUT2D eigenvalue weighted by Gasteiger charge is -2.13. The topological polar surface area (TPSA) is 18.5 Å². The lowest BCUT2D eigenvalue weighted by atomic mass is 10.3. The van der Waals surface area contributed by atoms with Crippen molar-refractivity contribution < 1.29 is 18.3 Å². The van der Waals surface area contributed by atoms with Gasteiger partial charge in [-0.25, -0.2) is 0 Å². The molecule has 2 nitrogen and oxygen atoms in total. The molecule has 0 atom stereocenters. The summed E-state index contributed by atoms with van der Waals surface area (Å²) in [6.45, 7) is 0.696. The number of ether oxygens (including phenoxy) is 2. The quantitative estimate of drug-likeness (QED) is 0.797. The average Bonchev–Trinajstić information content (AvgIpc) is 2.31. The molecule has 2 aromatic rings. The van der Waals surface area contributed by atoms with E-state index in [2.05, 4.69) is 4.74 Å². The van der Waals surface area contributed by atoms with Gasteiger partial charge in [-0.2, -0.15) is 8.78 Å². The molecule has 4 heteroatoms. The zero-order chi connectivity index (χ0) is 13.0. The number of benzene rings is 2. The summed E-state index contributed by atoms with van der Waals surface area (Å²) in [7, 11) is 0. The molecule has 0 heterocycles. The van der Waals surface area contributed by atoms with Crippen LogP contribution in [-0.2, 0) is 0 Å². The third-order valence-corrected chi connectivity index (χ3v) is 2.10. The smallest absolute Gasteiger partial charge is 0.394 e. The van der Waals surface area contributed by atoms with Gasteiger partial charge in [0.2, 0.25) is 0 Å². The van der Waals surface area contributed by atoms with E-state index in [1.54, 1.807) is 12.1 Å². The Hall–Kier alpha value is -2.10. The highest BCUT2D eigenvalue weighted by Gasteiger charge is 2.22. The molecule has 2 rings (SSSR count). The van der Waals surface area contributed by atoms with Crippen LogP contribution >= 0.6 is 0 Å². The first kappa shape index (κ1) is 12.4. The molecule has 18 heavy (non-hydrogen) atoms. The summed E-state index contributed by atoms with van der Waals surface area (Å²) in [5, 5.41) is 0. The Morgan fingerprint density at radius 2 is 1.28 bits per heavy atom. The molecule has 0 saturated heterocycles. The molecule has 0 fully saturated rings. The van der Waals surface area contributed by atoms with Crippen LogP contribution in [0.4, 0.5) is 8.78 Å². The summed E-state index contributed by atoms with van der Waals surface area (Å²) < 4.78 is 35.1. The molecule has 0 aliphatic heterocycles. The third kappa shape index (κ3) is 3.73. The van der Waals surface area contributed by atoms with Gasteiger partial charge in [0, 0.05) is 6.92 Å². The van der Waals surface area contributed by atoms with Crippen LogP contribution in [0.3, 0.4) is 0 Å². The maximum absolute atomic E-state index is 12.6. The Kier molecular flexibility index (Phi) is 3.46. The molecule has 0 aliphatic rings. The number of hydrogen-bond acceptors (Lipinski definition) is 2. The normalized spacial score (nSPS) is 11.1. The predicted octanol–water partition coefficient (Wildman–Crippen LogP) is 4.47. The van der Waals surface area contributed by atoms with Crippen molar-refractivity contribution in [2.75, 3.05) is 0 Å². The summed E-state index contributed by atoms with van der Waals surface area (Å²) in [5.74, 6) is 1.35. The number of halogens is 2. The van der Waals surface area contributed by atoms with Crippen molar-refractivity contribution in [3.05, 3.63) is 54.6 Å². The second kappa shape index (κ2) is 5.04. The van der Waals surface area contributed by atoms with Crippen molar-refractivity contribution in [1.82, 2.24) is 0 Å². The van der Waals surface area contributed by atoms with Gasteiger partial charge in [0.05, 0.1) is 0 Å². The van der Waals surface area contributed by atoms with Crippen molar-refractivity contribution in [2.24, 2.45) is 0 Å². The van der Waals surface area contributed by atoms with Gasteiger partial charge < -0.3 is 9.47 Å². The summed E-state index contributed by atoms with van der Waals surface area (Å²) in [4.78, 5) is 0. The summed E-state index contributed by atoms with van der Waals surface area (Å²) >= 11 is 0. The largest absolute Gasteiger partial charge is 0.457 e. The zero-order valence-electron chi connectivity index (χ0n) is 9.77. The summed E-state index contributed by atoms with van der Waals surface area (Å²) in [6, 6.07) is 15.2. The van der Waals surface area contributed by atoms with Gasteiger partial charge in [-0.15, -0.1) is 0 Å². The first-order valence-electron chi connectivity index (χ1n) is 5.43. The van der Waals surface area contributed by atoms with Crippen LogP contribution in [0.1, 0.15) is 6.92 Å². The van der Waals surface area contributed by atoms with Crippen molar-refractivity contribution in [3.8, 4) is 17.2 Å². The van der Waals surface area contributed by atoms with Crippen molar-refractivity contribution in [2.45, 2.75) is 13.0 Å². The van der Waals surface area contributed by atoms with Crippen LogP contribution in [0, 0.1) is 0 Å². The fourth-order valence-corrected chi connectivity index (χ4v) is 1.41. The van der Waals surface area contributed by atoms with Crippen LogP contribution in [-0.4, -0.2) is 6.11 Å². The van der Waals surface area contributed by atoms with Crippen molar-refractivity contribution in [3.63, 3.8) is 0 Å². The monoisotopic (exact) mass is 250 g/mol. The summed E-state index contributed by atoms with van der Waals surface area (Å²) in [6.07, 6.45) is -3.18. The van der Waals surface area contributed by atoms with E-state index in [1.165, 1.54) is 12.1 Å². The first-order valence-corrected chi connectivity index (χ1v) is 5.43. The molecule has 0 aliphatic carbocycles. The molecule has 2 aromatic carbocycles. The second-order valence-corrected chi connectivity index (χ2v) is 3.80. The Morgan fingerprint density at radius 3 is 1.83 bits per heavy atom. The third-order valence-electron chi connectivity index (χ3n) is 2.10. The maximum Gasteiger partial charge on any atom is 0.394 e. The molecule has 0 N–H and O–H groups in total. The Labute approximate surface area is 104 Å². The fourth-order valence-electron chi connectivity index (χ4n) is 1.41. The van der Waals surface area contributed by atoms with E-state index in [1.807, 2.05) is 30.3 Å². The highest BCUT2D eigenvalue weighted by Crippen LogP contribution is 2.26. The van der Waals surface area contributed by atoms with Crippen molar-refractivity contribution in [1.29, 1.82) is 0 Å². The molecule has 0 saturated carbocycles. The minimum Gasteiger partial charge on any atom is -0.457 e. The van der Waals surface area contributed by atoms with Crippen LogP contribution in [0.5, 0.6) is 17.2 Å². The summed E-state index contributed by atoms with van der Waals surface area (Å²) in [5.41, 5.74) is 0. The second-order valence-electron chi connectivity index (χ2n) is 3.80. The van der Waals surface area contributed by atoms with E-state index in [9.17, 15) is 8.78 Å². The molecule has 0 unspecified atom stereocenters. The fraction of sp³-hybridized carbons (Fsp3) is 0.143. The molecule has 0 radical (unpaired) electrons. The number of alkyl halides is 2. The van der Waals surface area contributed by atoms with Crippen LogP contribution in [0.2, 0.25) is 0 Å². The number of para-hydroxylation sites is 1. The number of hydrogen-bond donors (Lipinski definition) is 0. The Balaban J connectivity index is 2.04. The number of rotatable bonds is 4. The molecule has 0 bridgehead atoms. The van der Waals surface area contributed by atoms with Gasteiger partial charge >= 0.3 is 6.11 Å². The van der Waals surface area contributed by atoms with Crippen LogP contribution in [0.25, 0.3) is 0 Å². The van der Waals surface area contributed by atoms with Gasteiger partial charge in [0.15, 0.2) is 0 Å². The van der Waals surface area contributed by atoms with Crippen LogP contribution < -0.4 is 9.47 Å². The molecule has 0 spiro atoms. The lowest BCUT2D eigenvalue weighted by molar-refractivity contribution is -0.158. The van der Waals surface area contributed by atoms with Crippen LogP contribution in [0.15, 0.2) is 54.6 Å². The molecular weight excluding hydrogens is 238 g/mol. The Bertz CT molecular complexity index is 489. The van der Waals surface area contributed by atoms with Gasteiger partial charge in [0.1, 0.15) is 17.2 Å². The Morgan fingerprint density at radius 1 is 0.778 bits per heavy atom. The molecule has 94 valence electrons.